The van der Waals surface area contributed by atoms with Crippen molar-refractivity contribution in [3.63, 3.8) is 0 Å². The number of aliphatic hydroxyl groups excluding tert-OH is 1. The zero-order chi connectivity index (χ0) is 11.1. The van der Waals surface area contributed by atoms with Crippen LogP contribution < -0.4 is 0 Å². The lowest BCUT2D eigenvalue weighted by Gasteiger charge is -2.18. The van der Waals surface area contributed by atoms with Crippen LogP contribution in [0.4, 0.5) is 8.78 Å². The van der Waals surface area contributed by atoms with Crippen LogP contribution in [0.3, 0.4) is 0 Å². The first-order valence-electron chi connectivity index (χ1n) is 4.78. The van der Waals surface area contributed by atoms with Gasteiger partial charge in [-0.25, -0.2) is 8.78 Å². The minimum absolute atomic E-state index is 0.288. The lowest BCUT2D eigenvalue weighted by Crippen LogP contribution is -2.19. The van der Waals surface area contributed by atoms with E-state index in [2.05, 4.69) is 0 Å². The Bertz CT molecular complexity index is 375. The molecule has 1 fully saturated rings. The molecule has 1 saturated carbocycles. The molecule has 1 nitrogen and oxygen atoms in total. The van der Waals surface area contributed by atoms with E-state index in [-0.39, 0.29) is 6.61 Å². The monoisotopic (exact) mass is 232 g/mol. The Morgan fingerprint density at radius 3 is 2.53 bits per heavy atom. The molecule has 2 rings (SSSR count). The fourth-order valence-corrected chi connectivity index (χ4v) is 2.16. The Morgan fingerprint density at radius 2 is 2.07 bits per heavy atom. The van der Waals surface area contributed by atoms with Crippen LogP contribution in [0.5, 0.6) is 0 Å². The van der Waals surface area contributed by atoms with Gasteiger partial charge >= 0.3 is 0 Å². The number of halogens is 3. The van der Waals surface area contributed by atoms with Crippen LogP contribution in [0.15, 0.2) is 18.2 Å². The normalized spacial score (nSPS) is 18.2. The molecule has 0 aromatic heterocycles. The van der Waals surface area contributed by atoms with Crippen molar-refractivity contribution in [1.82, 2.24) is 0 Å². The predicted octanol–water partition coefficient (Wildman–Crippen LogP) is 3.13. The number of hydrogen-bond donors (Lipinski definition) is 1. The van der Waals surface area contributed by atoms with Crippen LogP contribution in [0, 0.1) is 0 Å². The maximum Gasteiger partial charge on any atom is 0.248 e. The van der Waals surface area contributed by atoms with E-state index < -0.39 is 11.8 Å². The van der Waals surface area contributed by atoms with E-state index in [1.54, 1.807) is 18.2 Å². The maximum atomic E-state index is 12.9. The van der Waals surface area contributed by atoms with Crippen molar-refractivity contribution in [3.8, 4) is 0 Å². The molecule has 82 valence electrons. The van der Waals surface area contributed by atoms with Gasteiger partial charge in [-0.3, -0.25) is 0 Å². The molecule has 0 amide bonds. The van der Waals surface area contributed by atoms with Crippen molar-refractivity contribution < 1.29 is 13.9 Å². The first-order chi connectivity index (χ1) is 7.12. The van der Waals surface area contributed by atoms with E-state index in [9.17, 15) is 8.78 Å². The molecule has 1 N–H and O–H groups in total. The SMILES string of the molecule is OCc1c(Cl)cccc1C1(C(F)F)CC1. The summed E-state index contributed by atoms with van der Waals surface area (Å²) in [6, 6.07) is 4.90. The van der Waals surface area contributed by atoms with Crippen molar-refractivity contribution in [2.45, 2.75) is 31.3 Å². The summed E-state index contributed by atoms with van der Waals surface area (Å²) in [6.07, 6.45) is -1.45. The second-order valence-corrected chi connectivity index (χ2v) is 4.29. The molecule has 1 aromatic rings. The Kier molecular flexibility index (Phi) is 2.69. The highest BCUT2D eigenvalue weighted by atomic mass is 35.5. The van der Waals surface area contributed by atoms with Gasteiger partial charge in [0.1, 0.15) is 0 Å². The van der Waals surface area contributed by atoms with E-state index in [0.29, 0.717) is 29.0 Å². The molecule has 1 aromatic carbocycles. The zero-order valence-corrected chi connectivity index (χ0v) is 8.77. The molecule has 1 aliphatic rings. The molecule has 0 bridgehead atoms. The fraction of sp³-hybridized carbons (Fsp3) is 0.455. The van der Waals surface area contributed by atoms with E-state index in [1.165, 1.54) is 0 Å². The van der Waals surface area contributed by atoms with Crippen LogP contribution >= 0.6 is 11.6 Å². The van der Waals surface area contributed by atoms with Crippen LogP contribution in [-0.2, 0) is 12.0 Å². The summed E-state index contributed by atoms with van der Waals surface area (Å²) in [5.74, 6) is 0. The van der Waals surface area contributed by atoms with Crippen LogP contribution in [0.1, 0.15) is 24.0 Å². The standard InChI is InChI=1S/C11H11ClF2O/c12-9-3-1-2-8(7(9)6-15)11(4-5-11)10(13)14/h1-3,10,15H,4-6H2. The molecule has 0 heterocycles. The summed E-state index contributed by atoms with van der Waals surface area (Å²) < 4.78 is 25.8. The lowest BCUT2D eigenvalue weighted by atomic mass is 9.92. The summed E-state index contributed by atoms with van der Waals surface area (Å²) in [4.78, 5) is 0. The highest BCUT2D eigenvalue weighted by Crippen LogP contribution is 2.54. The molecule has 15 heavy (non-hydrogen) atoms. The van der Waals surface area contributed by atoms with E-state index >= 15 is 0 Å². The van der Waals surface area contributed by atoms with Crippen molar-refractivity contribution >= 4 is 11.6 Å². The van der Waals surface area contributed by atoms with Gasteiger partial charge in [0.25, 0.3) is 0 Å². The molecule has 0 spiro atoms. The third-order valence-corrected chi connectivity index (χ3v) is 3.37. The Morgan fingerprint density at radius 1 is 1.40 bits per heavy atom. The average molecular weight is 233 g/mol. The molecule has 1 aliphatic carbocycles. The highest BCUT2D eigenvalue weighted by molar-refractivity contribution is 6.31. The van der Waals surface area contributed by atoms with Crippen LogP contribution in [-0.4, -0.2) is 11.5 Å². The second-order valence-electron chi connectivity index (χ2n) is 3.88. The molecule has 0 radical (unpaired) electrons. The molecule has 0 aliphatic heterocycles. The van der Waals surface area contributed by atoms with Crippen LogP contribution in [0.25, 0.3) is 0 Å². The van der Waals surface area contributed by atoms with Gasteiger partial charge in [-0.15, -0.1) is 0 Å². The van der Waals surface area contributed by atoms with Crippen molar-refractivity contribution in [3.05, 3.63) is 34.3 Å². The third kappa shape index (κ3) is 1.64. The molecular weight excluding hydrogens is 222 g/mol. The lowest BCUT2D eigenvalue weighted by molar-refractivity contribution is 0.101. The van der Waals surface area contributed by atoms with Gasteiger partial charge in [0.05, 0.1) is 12.0 Å². The predicted molar refractivity (Wildman–Crippen MR) is 54.3 cm³/mol. The molecular formula is C11H11ClF2O. The summed E-state index contributed by atoms with van der Waals surface area (Å²) in [5, 5.41) is 9.51. The van der Waals surface area contributed by atoms with Gasteiger partial charge in [0, 0.05) is 10.6 Å². The fourth-order valence-electron chi connectivity index (χ4n) is 1.93. The number of hydrogen-bond acceptors (Lipinski definition) is 1. The molecule has 0 saturated heterocycles. The molecule has 4 heteroatoms. The summed E-state index contributed by atoms with van der Waals surface area (Å²) in [6.45, 7) is -0.288. The van der Waals surface area contributed by atoms with Crippen molar-refractivity contribution in [2.75, 3.05) is 0 Å². The van der Waals surface area contributed by atoms with Crippen LogP contribution in [0.2, 0.25) is 5.02 Å². The van der Waals surface area contributed by atoms with Gasteiger partial charge in [-0.2, -0.15) is 0 Å². The maximum absolute atomic E-state index is 12.9. The largest absolute Gasteiger partial charge is 0.392 e. The molecule has 0 atom stereocenters. The second kappa shape index (κ2) is 3.72. The first-order valence-corrected chi connectivity index (χ1v) is 5.16. The average Bonchev–Trinajstić information content (AvgIpc) is 2.98. The Hall–Kier alpha value is -0.670. The summed E-state index contributed by atoms with van der Waals surface area (Å²) >= 11 is 5.86. The number of benzene rings is 1. The Balaban J connectivity index is 2.49. The summed E-state index contributed by atoms with van der Waals surface area (Å²) in [7, 11) is 0. The number of aliphatic hydroxyl groups is 1. The summed E-state index contributed by atoms with van der Waals surface area (Å²) in [5.41, 5.74) is -0.104. The minimum Gasteiger partial charge on any atom is -0.392 e. The zero-order valence-electron chi connectivity index (χ0n) is 8.01. The van der Waals surface area contributed by atoms with Gasteiger partial charge < -0.3 is 5.11 Å². The van der Waals surface area contributed by atoms with E-state index in [1.807, 2.05) is 0 Å². The number of alkyl halides is 2. The van der Waals surface area contributed by atoms with Gasteiger partial charge in [0.15, 0.2) is 0 Å². The molecule has 0 unspecified atom stereocenters. The minimum atomic E-state index is -2.39. The smallest absolute Gasteiger partial charge is 0.248 e. The topological polar surface area (TPSA) is 20.2 Å². The van der Waals surface area contributed by atoms with Crippen molar-refractivity contribution in [2.24, 2.45) is 0 Å². The first kappa shape index (κ1) is 10.8. The van der Waals surface area contributed by atoms with E-state index in [0.717, 1.165) is 0 Å². The van der Waals surface area contributed by atoms with Gasteiger partial charge in [0.2, 0.25) is 6.43 Å². The van der Waals surface area contributed by atoms with E-state index in [4.69, 9.17) is 16.7 Å². The Labute approximate surface area is 91.7 Å². The van der Waals surface area contributed by atoms with Gasteiger partial charge in [-0.05, 0) is 24.5 Å². The highest BCUT2D eigenvalue weighted by Gasteiger charge is 2.53. The van der Waals surface area contributed by atoms with Crippen molar-refractivity contribution in [1.29, 1.82) is 0 Å². The number of rotatable bonds is 3. The third-order valence-electron chi connectivity index (χ3n) is 3.02. The van der Waals surface area contributed by atoms with Gasteiger partial charge in [-0.1, -0.05) is 23.7 Å². The quantitative estimate of drug-likeness (QED) is 0.849.